The van der Waals surface area contributed by atoms with Gasteiger partial charge < -0.3 is 9.30 Å². The molecular weight excluding hydrogens is 272 g/mol. The molecule has 1 fully saturated rings. The van der Waals surface area contributed by atoms with Crippen LogP contribution in [0.2, 0.25) is 0 Å². The lowest BCUT2D eigenvalue weighted by Crippen LogP contribution is -2.19. The van der Waals surface area contributed by atoms with Gasteiger partial charge in [-0.1, -0.05) is 12.1 Å². The molecular formula is C16H21ClN2O. The van der Waals surface area contributed by atoms with Gasteiger partial charge in [-0.15, -0.1) is 11.6 Å². The summed E-state index contributed by atoms with van der Waals surface area (Å²) in [6.45, 7) is 8.09. The number of aromatic nitrogens is 2. The number of alkyl halides is 1. The molecule has 1 saturated heterocycles. The second kappa shape index (κ2) is 5.38. The molecule has 0 N–H and O–H groups in total. The maximum atomic E-state index is 6.34. The Bertz CT molecular complexity index is 620. The Balaban J connectivity index is 2.08. The molecule has 3 rings (SSSR count). The zero-order valence-electron chi connectivity index (χ0n) is 12.3. The van der Waals surface area contributed by atoms with Crippen LogP contribution in [0.3, 0.4) is 0 Å². The second-order valence-corrected chi connectivity index (χ2v) is 6.42. The number of rotatable bonds is 3. The largest absolute Gasteiger partial charge is 0.378 e. The maximum Gasteiger partial charge on any atom is 0.127 e. The number of para-hydroxylation sites is 1. The summed E-state index contributed by atoms with van der Waals surface area (Å²) in [6, 6.07) is 6.26. The number of halogens is 1. The van der Waals surface area contributed by atoms with E-state index in [0.717, 1.165) is 30.9 Å². The van der Waals surface area contributed by atoms with Gasteiger partial charge in [0.1, 0.15) is 5.82 Å². The van der Waals surface area contributed by atoms with Crippen molar-refractivity contribution < 1.29 is 4.74 Å². The van der Waals surface area contributed by atoms with Crippen LogP contribution in [0, 0.1) is 12.8 Å². The summed E-state index contributed by atoms with van der Waals surface area (Å²) in [5.41, 5.74) is 3.51. The highest BCUT2D eigenvalue weighted by atomic mass is 35.5. The summed E-state index contributed by atoms with van der Waals surface area (Å²) < 4.78 is 7.99. The third-order valence-corrected chi connectivity index (χ3v) is 4.50. The first-order valence-electron chi connectivity index (χ1n) is 7.29. The molecule has 1 aliphatic heterocycles. The number of aryl methyl sites for hydroxylation is 1. The van der Waals surface area contributed by atoms with Crippen LogP contribution in [0.1, 0.15) is 37.0 Å². The Morgan fingerprint density at radius 3 is 2.95 bits per heavy atom. The molecule has 1 aromatic carbocycles. The minimum absolute atomic E-state index is 0.0839. The van der Waals surface area contributed by atoms with Crippen LogP contribution in [-0.2, 0) is 11.3 Å². The quantitative estimate of drug-likeness (QED) is 0.797. The summed E-state index contributed by atoms with van der Waals surface area (Å²) >= 11 is 6.34. The Hall–Kier alpha value is -1.06. The SMILES string of the molecule is Cc1cccc2nc(C(C)Cl)n(CC3CCOC3C)c12. The first-order valence-corrected chi connectivity index (χ1v) is 7.73. The van der Waals surface area contributed by atoms with Gasteiger partial charge >= 0.3 is 0 Å². The van der Waals surface area contributed by atoms with Gasteiger partial charge in [-0.25, -0.2) is 4.98 Å². The first kappa shape index (κ1) is 13.9. The minimum atomic E-state index is -0.0839. The van der Waals surface area contributed by atoms with Crippen molar-refractivity contribution in [2.75, 3.05) is 6.61 Å². The molecule has 1 aromatic heterocycles. The first-order chi connectivity index (χ1) is 9.58. The van der Waals surface area contributed by atoms with Crippen molar-refractivity contribution >= 4 is 22.6 Å². The lowest BCUT2D eigenvalue weighted by Gasteiger charge is -2.18. The fourth-order valence-corrected chi connectivity index (χ4v) is 3.29. The van der Waals surface area contributed by atoms with E-state index in [4.69, 9.17) is 21.3 Å². The van der Waals surface area contributed by atoms with Crippen molar-refractivity contribution in [3.8, 4) is 0 Å². The molecule has 2 aromatic rings. The number of imidazole rings is 1. The molecule has 2 heterocycles. The Morgan fingerprint density at radius 2 is 2.30 bits per heavy atom. The van der Waals surface area contributed by atoms with E-state index in [-0.39, 0.29) is 5.38 Å². The molecule has 3 unspecified atom stereocenters. The van der Waals surface area contributed by atoms with Crippen molar-refractivity contribution in [2.24, 2.45) is 5.92 Å². The van der Waals surface area contributed by atoms with Gasteiger partial charge in [0.25, 0.3) is 0 Å². The normalized spacial score (nSPS) is 24.4. The smallest absolute Gasteiger partial charge is 0.127 e. The highest BCUT2D eigenvalue weighted by Gasteiger charge is 2.27. The lowest BCUT2D eigenvalue weighted by molar-refractivity contribution is 0.102. The van der Waals surface area contributed by atoms with Gasteiger partial charge in [-0.3, -0.25) is 0 Å². The monoisotopic (exact) mass is 292 g/mol. The van der Waals surface area contributed by atoms with Gasteiger partial charge in [0.05, 0.1) is 22.5 Å². The van der Waals surface area contributed by atoms with E-state index in [0.29, 0.717) is 12.0 Å². The van der Waals surface area contributed by atoms with Gasteiger partial charge in [0, 0.05) is 19.1 Å². The number of hydrogen-bond acceptors (Lipinski definition) is 2. The average molecular weight is 293 g/mol. The molecule has 20 heavy (non-hydrogen) atoms. The molecule has 3 nitrogen and oxygen atoms in total. The molecule has 0 spiro atoms. The Kier molecular flexibility index (Phi) is 3.74. The van der Waals surface area contributed by atoms with E-state index in [1.807, 2.05) is 6.92 Å². The average Bonchev–Trinajstić information content (AvgIpc) is 2.96. The van der Waals surface area contributed by atoms with Gasteiger partial charge in [0.2, 0.25) is 0 Å². The predicted octanol–water partition coefficient (Wildman–Crippen LogP) is 4.07. The van der Waals surface area contributed by atoms with Crippen molar-refractivity contribution in [2.45, 2.75) is 45.2 Å². The molecule has 4 heteroatoms. The van der Waals surface area contributed by atoms with E-state index >= 15 is 0 Å². The van der Waals surface area contributed by atoms with E-state index in [9.17, 15) is 0 Å². The molecule has 1 aliphatic rings. The van der Waals surface area contributed by atoms with E-state index in [1.54, 1.807) is 0 Å². The molecule has 0 aliphatic carbocycles. The van der Waals surface area contributed by atoms with Crippen LogP contribution >= 0.6 is 11.6 Å². The van der Waals surface area contributed by atoms with Crippen molar-refractivity contribution in [1.29, 1.82) is 0 Å². The van der Waals surface area contributed by atoms with Gasteiger partial charge in [0.15, 0.2) is 0 Å². The molecule has 0 saturated carbocycles. The fraction of sp³-hybridized carbons (Fsp3) is 0.562. The zero-order valence-corrected chi connectivity index (χ0v) is 13.0. The molecule has 0 radical (unpaired) electrons. The minimum Gasteiger partial charge on any atom is -0.378 e. The standard InChI is InChI=1S/C16H21ClN2O/c1-10-5-4-6-14-15(10)19(16(18-14)11(2)17)9-13-7-8-20-12(13)3/h4-6,11-13H,7-9H2,1-3H3. The van der Waals surface area contributed by atoms with Gasteiger partial charge in [-0.2, -0.15) is 0 Å². The maximum absolute atomic E-state index is 6.34. The van der Waals surface area contributed by atoms with Crippen LogP contribution in [0.4, 0.5) is 0 Å². The van der Waals surface area contributed by atoms with Crippen LogP contribution in [0.25, 0.3) is 11.0 Å². The Morgan fingerprint density at radius 1 is 1.50 bits per heavy atom. The molecule has 108 valence electrons. The number of ether oxygens (including phenoxy) is 1. The molecule has 3 atom stereocenters. The second-order valence-electron chi connectivity index (χ2n) is 5.76. The number of benzene rings is 1. The van der Waals surface area contributed by atoms with Crippen molar-refractivity contribution in [1.82, 2.24) is 9.55 Å². The van der Waals surface area contributed by atoms with Crippen molar-refractivity contribution in [3.63, 3.8) is 0 Å². The highest BCUT2D eigenvalue weighted by molar-refractivity contribution is 6.20. The number of hydrogen-bond donors (Lipinski definition) is 0. The van der Waals surface area contributed by atoms with Crippen molar-refractivity contribution in [3.05, 3.63) is 29.6 Å². The van der Waals surface area contributed by atoms with Crippen LogP contribution in [0.15, 0.2) is 18.2 Å². The van der Waals surface area contributed by atoms with Crippen LogP contribution in [-0.4, -0.2) is 22.3 Å². The Labute approximate surface area is 124 Å². The summed E-state index contributed by atoms with van der Waals surface area (Å²) in [4.78, 5) is 4.73. The fourth-order valence-electron chi connectivity index (χ4n) is 3.12. The summed E-state index contributed by atoms with van der Waals surface area (Å²) in [7, 11) is 0. The third kappa shape index (κ3) is 2.33. The molecule has 0 bridgehead atoms. The third-order valence-electron chi connectivity index (χ3n) is 4.30. The summed E-state index contributed by atoms with van der Waals surface area (Å²) in [5, 5.41) is -0.0839. The summed E-state index contributed by atoms with van der Waals surface area (Å²) in [6.07, 6.45) is 1.43. The summed E-state index contributed by atoms with van der Waals surface area (Å²) in [5.74, 6) is 1.51. The topological polar surface area (TPSA) is 27.1 Å². The lowest BCUT2D eigenvalue weighted by atomic mass is 10.0. The predicted molar refractivity (Wildman–Crippen MR) is 82.3 cm³/mol. The van der Waals surface area contributed by atoms with Crippen LogP contribution in [0.5, 0.6) is 0 Å². The molecule has 0 amide bonds. The zero-order chi connectivity index (χ0) is 14.3. The highest BCUT2D eigenvalue weighted by Crippen LogP contribution is 2.30. The van der Waals surface area contributed by atoms with Gasteiger partial charge in [-0.05, 0) is 38.8 Å². The van der Waals surface area contributed by atoms with Crippen LogP contribution < -0.4 is 0 Å². The number of nitrogens with zero attached hydrogens (tertiary/aromatic N) is 2. The number of fused-ring (bicyclic) bond motifs is 1. The van der Waals surface area contributed by atoms with E-state index in [2.05, 4.69) is 36.6 Å². The van der Waals surface area contributed by atoms with E-state index in [1.165, 1.54) is 11.1 Å². The van der Waals surface area contributed by atoms with E-state index < -0.39 is 0 Å².